The molecule has 2 aromatic rings. The van der Waals surface area contributed by atoms with Crippen molar-refractivity contribution in [2.24, 2.45) is 4.99 Å². The molecule has 0 bridgehead atoms. The maximum absolute atomic E-state index is 13.1. The summed E-state index contributed by atoms with van der Waals surface area (Å²) in [5, 5.41) is 13.5. The standard InChI is InChI=1S/C19H25FN4OS.HI/c1-14(16-6-9-26-13-16)12-24-19(21-2)23-8-7-22-18(25)11-15-4-3-5-17(20)10-15;/h3-6,9-10,13-14H,7-8,11-12H2,1-2H3,(H,22,25)(H2,21,23,24);1H. The highest BCUT2D eigenvalue weighted by Crippen LogP contribution is 2.16. The maximum atomic E-state index is 13.1. The SMILES string of the molecule is CN=C(NCCNC(=O)Cc1cccc(F)c1)NCC(C)c1ccsc1.I. The molecular weight excluding hydrogens is 478 g/mol. The minimum Gasteiger partial charge on any atom is -0.356 e. The minimum absolute atomic E-state index is 0. The molecule has 1 unspecified atom stereocenters. The minimum atomic E-state index is -0.330. The number of nitrogens with one attached hydrogen (secondary N) is 3. The zero-order valence-electron chi connectivity index (χ0n) is 15.5. The Hall–Kier alpha value is -1.68. The van der Waals surface area contributed by atoms with Gasteiger partial charge >= 0.3 is 0 Å². The Morgan fingerprint density at radius 2 is 2.00 bits per heavy atom. The van der Waals surface area contributed by atoms with E-state index in [1.54, 1.807) is 30.5 Å². The quantitative estimate of drug-likeness (QED) is 0.224. The van der Waals surface area contributed by atoms with Crippen LogP contribution < -0.4 is 16.0 Å². The number of benzene rings is 1. The number of carbonyl (C=O) groups is 1. The van der Waals surface area contributed by atoms with Crippen molar-refractivity contribution >= 4 is 47.2 Å². The molecule has 3 N–H and O–H groups in total. The Morgan fingerprint density at radius 1 is 1.22 bits per heavy atom. The van der Waals surface area contributed by atoms with E-state index in [4.69, 9.17) is 0 Å². The number of carbonyl (C=O) groups excluding carboxylic acids is 1. The second-order valence-electron chi connectivity index (χ2n) is 5.99. The van der Waals surface area contributed by atoms with E-state index in [1.165, 1.54) is 17.7 Å². The third-order valence-corrected chi connectivity index (χ3v) is 4.61. The van der Waals surface area contributed by atoms with E-state index in [0.717, 1.165) is 6.54 Å². The van der Waals surface area contributed by atoms with E-state index in [2.05, 4.69) is 44.7 Å². The highest BCUT2D eigenvalue weighted by atomic mass is 127. The summed E-state index contributed by atoms with van der Waals surface area (Å²) in [5.74, 6) is 0.632. The van der Waals surface area contributed by atoms with E-state index < -0.39 is 0 Å². The van der Waals surface area contributed by atoms with Crippen LogP contribution >= 0.6 is 35.3 Å². The molecule has 148 valence electrons. The lowest BCUT2D eigenvalue weighted by Gasteiger charge is -2.15. The predicted octanol–water partition coefficient (Wildman–Crippen LogP) is 3.13. The number of guanidine groups is 1. The first-order valence-electron chi connectivity index (χ1n) is 8.56. The Bertz CT molecular complexity index is 724. The van der Waals surface area contributed by atoms with E-state index in [9.17, 15) is 9.18 Å². The maximum Gasteiger partial charge on any atom is 0.224 e. The highest BCUT2D eigenvalue weighted by Gasteiger charge is 2.07. The van der Waals surface area contributed by atoms with Gasteiger partial charge in [-0.3, -0.25) is 9.79 Å². The molecule has 0 aliphatic carbocycles. The van der Waals surface area contributed by atoms with Gasteiger partial charge in [0.05, 0.1) is 6.42 Å². The van der Waals surface area contributed by atoms with Crippen molar-refractivity contribution in [3.63, 3.8) is 0 Å². The van der Waals surface area contributed by atoms with Crippen LogP contribution in [0.5, 0.6) is 0 Å². The van der Waals surface area contributed by atoms with Gasteiger partial charge in [-0.1, -0.05) is 19.1 Å². The van der Waals surface area contributed by atoms with Gasteiger partial charge in [0.2, 0.25) is 5.91 Å². The Labute approximate surface area is 180 Å². The second kappa shape index (κ2) is 12.7. The van der Waals surface area contributed by atoms with Crippen molar-refractivity contribution in [1.82, 2.24) is 16.0 Å². The molecule has 27 heavy (non-hydrogen) atoms. The van der Waals surface area contributed by atoms with Crippen molar-refractivity contribution in [3.8, 4) is 0 Å². The van der Waals surface area contributed by atoms with Crippen LogP contribution in [0.25, 0.3) is 0 Å². The molecule has 8 heteroatoms. The predicted molar refractivity (Wildman–Crippen MR) is 121 cm³/mol. The number of nitrogens with zero attached hydrogens (tertiary/aromatic N) is 1. The summed E-state index contributed by atoms with van der Waals surface area (Å²) in [7, 11) is 1.72. The third kappa shape index (κ3) is 8.70. The van der Waals surface area contributed by atoms with Crippen molar-refractivity contribution in [2.45, 2.75) is 19.3 Å². The number of amides is 1. The molecule has 2 rings (SSSR count). The summed E-state index contributed by atoms with van der Waals surface area (Å²) in [6.45, 7) is 3.97. The van der Waals surface area contributed by atoms with Gasteiger partial charge in [0.1, 0.15) is 5.82 Å². The summed E-state index contributed by atoms with van der Waals surface area (Å²) in [6.07, 6.45) is 0.170. The molecule has 0 saturated heterocycles. The molecule has 0 saturated carbocycles. The molecule has 0 radical (unpaired) electrons. The first-order chi connectivity index (χ1) is 12.6. The van der Waals surface area contributed by atoms with Gasteiger partial charge in [0, 0.05) is 26.7 Å². The first-order valence-corrected chi connectivity index (χ1v) is 9.50. The Morgan fingerprint density at radius 3 is 2.67 bits per heavy atom. The molecule has 1 aromatic carbocycles. The van der Waals surface area contributed by atoms with Crippen LogP contribution in [-0.4, -0.2) is 38.5 Å². The lowest BCUT2D eigenvalue weighted by atomic mass is 10.1. The fourth-order valence-electron chi connectivity index (χ4n) is 2.42. The number of halogens is 2. The zero-order chi connectivity index (χ0) is 18.8. The van der Waals surface area contributed by atoms with E-state index in [1.807, 2.05) is 0 Å². The average molecular weight is 504 g/mol. The van der Waals surface area contributed by atoms with Crippen LogP contribution in [0.15, 0.2) is 46.1 Å². The van der Waals surface area contributed by atoms with Crippen LogP contribution in [0.3, 0.4) is 0 Å². The molecule has 0 spiro atoms. The molecule has 5 nitrogen and oxygen atoms in total. The number of rotatable bonds is 8. The fraction of sp³-hybridized carbons (Fsp3) is 0.368. The van der Waals surface area contributed by atoms with Gasteiger partial charge in [-0.2, -0.15) is 11.3 Å². The molecule has 0 fully saturated rings. The summed E-state index contributed by atoms with van der Waals surface area (Å²) < 4.78 is 13.1. The second-order valence-corrected chi connectivity index (χ2v) is 6.77. The van der Waals surface area contributed by atoms with E-state index >= 15 is 0 Å². The van der Waals surface area contributed by atoms with Crippen LogP contribution in [0.2, 0.25) is 0 Å². The number of hydrogen-bond donors (Lipinski definition) is 3. The average Bonchev–Trinajstić information content (AvgIpc) is 3.15. The van der Waals surface area contributed by atoms with Gasteiger partial charge < -0.3 is 16.0 Å². The lowest BCUT2D eigenvalue weighted by molar-refractivity contribution is -0.120. The topological polar surface area (TPSA) is 65.5 Å². The van der Waals surface area contributed by atoms with Crippen molar-refractivity contribution in [3.05, 3.63) is 58.0 Å². The van der Waals surface area contributed by atoms with Gasteiger partial charge in [-0.25, -0.2) is 4.39 Å². The first kappa shape index (κ1) is 23.4. The summed E-state index contributed by atoms with van der Waals surface area (Å²) in [6, 6.07) is 8.20. The van der Waals surface area contributed by atoms with Crippen LogP contribution in [0.4, 0.5) is 4.39 Å². The molecule has 0 aliphatic rings. The van der Waals surface area contributed by atoms with E-state index in [0.29, 0.717) is 30.5 Å². The normalized spacial score (nSPS) is 12.0. The largest absolute Gasteiger partial charge is 0.356 e. The van der Waals surface area contributed by atoms with Crippen molar-refractivity contribution in [1.29, 1.82) is 0 Å². The van der Waals surface area contributed by atoms with Gasteiger partial charge in [0.15, 0.2) is 5.96 Å². The number of thiophene rings is 1. The van der Waals surface area contributed by atoms with E-state index in [-0.39, 0.29) is 42.1 Å². The van der Waals surface area contributed by atoms with Crippen molar-refractivity contribution in [2.75, 3.05) is 26.7 Å². The van der Waals surface area contributed by atoms with Gasteiger partial charge in [-0.15, -0.1) is 24.0 Å². The smallest absolute Gasteiger partial charge is 0.224 e. The summed E-state index contributed by atoms with van der Waals surface area (Å²) >= 11 is 1.69. The fourth-order valence-corrected chi connectivity index (χ4v) is 3.20. The monoisotopic (exact) mass is 504 g/mol. The number of aliphatic imine (C=N–C) groups is 1. The van der Waals surface area contributed by atoms with Crippen LogP contribution in [-0.2, 0) is 11.2 Å². The van der Waals surface area contributed by atoms with Crippen LogP contribution in [0, 0.1) is 5.82 Å². The Balaban J connectivity index is 0.00000364. The van der Waals surface area contributed by atoms with Crippen LogP contribution in [0.1, 0.15) is 24.0 Å². The molecule has 1 aromatic heterocycles. The highest BCUT2D eigenvalue weighted by molar-refractivity contribution is 14.0. The lowest BCUT2D eigenvalue weighted by Crippen LogP contribution is -2.42. The van der Waals surface area contributed by atoms with Gasteiger partial charge in [0.25, 0.3) is 0 Å². The molecule has 1 amide bonds. The van der Waals surface area contributed by atoms with Crippen molar-refractivity contribution < 1.29 is 9.18 Å². The molecule has 0 aliphatic heterocycles. The summed E-state index contributed by atoms with van der Waals surface area (Å²) in [4.78, 5) is 16.1. The molecule has 1 atom stereocenters. The van der Waals surface area contributed by atoms with Gasteiger partial charge in [-0.05, 0) is 46.0 Å². The third-order valence-electron chi connectivity index (χ3n) is 3.90. The summed E-state index contributed by atoms with van der Waals surface area (Å²) in [5.41, 5.74) is 1.97. The zero-order valence-corrected chi connectivity index (χ0v) is 18.6. The Kier molecular flexibility index (Phi) is 11.0. The molecule has 1 heterocycles. The molecular formula is C19H26FIN4OS. The number of hydrogen-bond acceptors (Lipinski definition) is 3.